The first-order valence-corrected chi connectivity index (χ1v) is 4.33. The van der Waals surface area contributed by atoms with Crippen molar-refractivity contribution in [2.24, 2.45) is 0 Å². The molecule has 0 bridgehead atoms. The first-order chi connectivity index (χ1) is 5.85. The Labute approximate surface area is 74.0 Å². The van der Waals surface area contributed by atoms with Gasteiger partial charge in [0.05, 0.1) is 26.1 Å². The summed E-state index contributed by atoms with van der Waals surface area (Å²) in [6.45, 7) is 5.76. The van der Waals surface area contributed by atoms with Gasteiger partial charge in [-0.25, -0.2) is 0 Å². The Hall–Kier alpha value is -0.540. The van der Waals surface area contributed by atoms with Gasteiger partial charge in [0.2, 0.25) is 0 Å². The Morgan fingerprint density at radius 2 is 2.17 bits per heavy atom. The molecule has 72 valence electrons. The molecule has 1 N–H and O–H groups in total. The predicted molar refractivity (Wildman–Crippen MR) is 47.9 cm³/mol. The van der Waals surface area contributed by atoms with E-state index in [0.717, 1.165) is 18.6 Å². The monoisotopic (exact) mass is 174 g/mol. The summed E-state index contributed by atoms with van der Waals surface area (Å²) in [5.41, 5.74) is 0.783. The van der Waals surface area contributed by atoms with Crippen molar-refractivity contribution in [3.05, 3.63) is 11.8 Å². The van der Waals surface area contributed by atoms with Crippen LogP contribution in [0, 0.1) is 0 Å². The zero-order valence-electron chi connectivity index (χ0n) is 7.88. The summed E-state index contributed by atoms with van der Waals surface area (Å²) in [4.78, 5) is 0. The van der Waals surface area contributed by atoms with E-state index in [-0.39, 0.29) is 6.61 Å². The first-order valence-electron chi connectivity index (χ1n) is 4.33. The molecule has 0 amide bonds. The van der Waals surface area contributed by atoms with Crippen LogP contribution < -0.4 is 0 Å². The van der Waals surface area contributed by atoms with E-state index < -0.39 is 0 Å². The molecule has 0 saturated heterocycles. The van der Waals surface area contributed by atoms with Crippen molar-refractivity contribution in [3.63, 3.8) is 0 Å². The third kappa shape index (κ3) is 6.19. The van der Waals surface area contributed by atoms with Crippen LogP contribution in [0.25, 0.3) is 0 Å². The third-order valence-corrected chi connectivity index (χ3v) is 1.26. The van der Waals surface area contributed by atoms with Crippen LogP contribution in [0.4, 0.5) is 0 Å². The largest absolute Gasteiger partial charge is 0.501 e. The standard InChI is InChI=1S/C9H18O3/c1-3-5-12-8-9(6-10)7-11-4-2/h7,10H,3-6,8H2,1-2H3/b9-7-. The molecule has 12 heavy (non-hydrogen) atoms. The molecular formula is C9H18O3. The highest BCUT2D eigenvalue weighted by molar-refractivity contribution is 4.97. The lowest BCUT2D eigenvalue weighted by Crippen LogP contribution is -2.03. The van der Waals surface area contributed by atoms with Crippen LogP contribution in [-0.2, 0) is 9.47 Å². The van der Waals surface area contributed by atoms with Crippen LogP contribution in [0.1, 0.15) is 20.3 Å². The van der Waals surface area contributed by atoms with Gasteiger partial charge in [0.1, 0.15) is 0 Å². The maximum Gasteiger partial charge on any atom is 0.0866 e. The summed E-state index contributed by atoms with van der Waals surface area (Å²) >= 11 is 0. The quantitative estimate of drug-likeness (QED) is 0.467. The third-order valence-electron chi connectivity index (χ3n) is 1.26. The maximum absolute atomic E-state index is 8.82. The van der Waals surface area contributed by atoms with Crippen LogP contribution in [0.3, 0.4) is 0 Å². The summed E-state index contributed by atoms with van der Waals surface area (Å²) in [5, 5.41) is 8.82. The molecule has 0 aliphatic heterocycles. The van der Waals surface area contributed by atoms with Gasteiger partial charge in [-0.3, -0.25) is 0 Å². The summed E-state index contributed by atoms with van der Waals surface area (Å²) in [7, 11) is 0. The second-order valence-electron chi connectivity index (χ2n) is 2.44. The van der Waals surface area contributed by atoms with E-state index in [1.54, 1.807) is 6.26 Å². The second kappa shape index (κ2) is 8.56. The first kappa shape index (κ1) is 11.5. The lowest BCUT2D eigenvalue weighted by Gasteiger charge is -2.04. The molecule has 0 aliphatic rings. The summed E-state index contributed by atoms with van der Waals surface area (Å²) < 4.78 is 10.2. The SMILES string of the molecule is CCCOC/C(=C\OCC)CO. The van der Waals surface area contributed by atoms with Gasteiger partial charge in [0, 0.05) is 12.2 Å². The Kier molecular flexibility index (Phi) is 8.17. The number of ether oxygens (including phenoxy) is 2. The summed E-state index contributed by atoms with van der Waals surface area (Å²) in [6.07, 6.45) is 2.56. The fourth-order valence-electron chi connectivity index (χ4n) is 0.666. The van der Waals surface area contributed by atoms with Crippen molar-refractivity contribution in [1.29, 1.82) is 0 Å². The minimum Gasteiger partial charge on any atom is -0.501 e. The number of aliphatic hydroxyl groups excluding tert-OH is 1. The lowest BCUT2D eigenvalue weighted by atomic mass is 10.3. The van der Waals surface area contributed by atoms with E-state index >= 15 is 0 Å². The van der Waals surface area contributed by atoms with E-state index in [0.29, 0.717) is 13.2 Å². The van der Waals surface area contributed by atoms with Crippen LogP contribution >= 0.6 is 0 Å². The summed E-state index contributed by atoms with van der Waals surface area (Å²) in [6, 6.07) is 0. The van der Waals surface area contributed by atoms with E-state index in [9.17, 15) is 0 Å². The van der Waals surface area contributed by atoms with E-state index in [2.05, 4.69) is 0 Å². The van der Waals surface area contributed by atoms with Gasteiger partial charge in [-0.1, -0.05) is 6.92 Å². The average molecular weight is 174 g/mol. The molecule has 0 atom stereocenters. The van der Waals surface area contributed by atoms with Crippen molar-refractivity contribution in [3.8, 4) is 0 Å². The molecule has 0 aromatic carbocycles. The molecule has 0 spiro atoms. The number of aliphatic hydroxyl groups is 1. The highest BCUT2D eigenvalue weighted by Gasteiger charge is 1.95. The van der Waals surface area contributed by atoms with E-state index in [1.165, 1.54) is 0 Å². The molecule has 0 aliphatic carbocycles. The molecule has 0 fully saturated rings. The van der Waals surface area contributed by atoms with Crippen molar-refractivity contribution < 1.29 is 14.6 Å². The highest BCUT2D eigenvalue weighted by Crippen LogP contribution is 1.95. The normalized spacial score (nSPS) is 11.8. The lowest BCUT2D eigenvalue weighted by molar-refractivity contribution is 0.142. The molecule has 0 rings (SSSR count). The minimum absolute atomic E-state index is 0.00368. The van der Waals surface area contributed by atoms with Crippen molar-refractivity contribution in [1.82, 2.24) is 0 Å². The average Bonchev–Trinajstić information content (AvgIpc) is 2.11. The van der Waals surface area contributed by atoms with Crippen molar-refractivity contribution in [2.45, 2.75) is 20.3 Å². The molecule has 0 aromatic heterocycles. The molecule has 0 saturated carbocycles. The van der Waals surface area contributed by atoms with Gasteiger partial charge in [-0.05, 0) is 13.3 Å². The Balaban J connectivity index is 3.52. The summed E-state index contributed by atoms with van der Waals surface area (Å²) in [5.74, 6) is 0. The van der Waals surface area contributed by atoms with E-state index in [1.807, 2.05) is 13.8 Å². The number of hydrogen-bond donors (Lipinski definition) is 1. The van der Waals surface area contributed by atoms with Gasteiger partial charge in [-0.15, -0.1) is 0 Å². The number of rotatable bonds is 7. The van der Waals surface area contributed by atoms with Gasteiger partial charge in [0.15, 0.2) is 0 Å². The van der Waals surface area contributed by atoms with Crippen LogP contribution in [0.2, 0.25) is 0 Å². The van der Waals surface area contributed by atoms with Crippen molar-refractivity contribution in [2.75, 3.05) is 26.4 Å². The fourth-order valence-corrected chi connectivity index (χ4v) is 0.666. The van der Waals surface area contributed by atoms with Crippen LogP contribution in [-0.4, -0.2) is 31.5 Å². The maximum atomic E-state index is 8.82. The molecule has 0 aromatic rings. The fraction of sp³-hybridized carbons (Fsp3) is 0.778. The molecule has 0 heterocycles. The van der Waals surface area contributed by atoms with E-state index in [4.69, 9.17) is 14.6 Å². The predicted octanol–water partition coefficient (Wildman–Crippen LogP) is 1.33. The minimum atomic E-state index is 0.00368. The Morgan fingerprint density at radius 3 is 2.67 bits per heavy atom. The Morgan fingerprint density at radius 1 is 1.42 bits per heavy atom. The second-order valence-corrected chi connectivity index (χ2v) is 2.44. The van der Waals surface area contributed by atoms with Crippen LogP contribution in [0.15, 0.2) is 11.8 Å². The molecule has 3 nitrogen and oxygen atoms in total. The highest BCUT2D eigenvalue weighted by atomic mass is 16.5. The smallest absolute Gasteiger partial charge is 0.0866 e. The zero-order chi connectivity index (χ0) is 9.23. The Bertz CT molecular complexity index is 121. The molecular weight excluding hydrogens is 156 g/mol. The molecule has 0 radical (unpaired) electrons. The molecule has 3 heteroatoms. The molecule has 0 unspecified atom stereocenters. The van der Waals surface area contributed by atoms with Gasteiger partial charge in [-0.2, -0.15) is 0 Å². The zero-order valence-corrected chi connectivity index (χ0v) is 7.88. The van der Waals surface area contributed by atoms with Gasteiger partial charge < -0.3 is 14.6 Å². The number of hydrogen-bond acceptors (Lipinski definition) is 3. The van der Waals surface area contributed by atoms with Crippen molar-refractivity contribution >= 4 is 0 Å². The van der Waals surface area contributed by atoms with Gasteiger partial charge in [0.25, 0.3) is 0 Å². The van der Waals surface area contributed by atoms with Crippen LogP contribution in [0.5, 0.6) is 0 Å². The topological polar surface area (TPSA) is 38.7 Å². The van der Waals surface area contributed by atoms with Gasteiger partial charge >= 0.3 is 0 Å².